The molecule has 1 heterocycles. The number of carbonyl (C=O) groups excluding carboxylic acids is 1. The second-order valence-corrected chi connectivity index (χ2v) is 9.36. The third kappa shape index (κ3) is 5.79. The fraction of sp³-hybridized carbons (Fsp3) is 0.560. The molecule has 0 unspecified atom stereocenters. The summed E-state index contributed by atoms with van der Waals surface area (Å²) in [4.78, 5) is 12.1. The van der Waals surface area contributed by atoms with Gasteiger partial charge in [0.15, 0.2) is 0 Å². The van der Waals surface area contributed by atoms with Crippen LogP contribution in [0.5, 0.6) is 0 Å². The number of amides is 1. The summed E-state index contributed by atoms with van der Waals surface area (Å²) in [5.41, 5.74) is 2.93. The molecular weight excluding hydrogens is 401 g/mol. The molecule has 1 atom stereocenters. The quantitative estimate of drug-likeness (QED) is 0.444. The molecule has 170 valence electrons. The van der Waals surface area contributed by atoms with Crippen LogP contribution in [0.1, 0.15) is 76.5 Å². The Morgan fingerprint density at radius 2 is 1.65 bits per heavy atom. The van der Waals surface area contributed by atoms with Gasteiger partial charge >= 0.3 is 6.18 Å². The largest absolute Gasteiger partial charge is 0.409 e. The number of nitrogens with zero attached hydrogens (tertiary/aromatic N) is 1. The number of carbonyl (C=O) groups is 1. The van der Waals surface area contributed by atoms with Crippen LogP contribution in [0.15, 0.2) is 36.4 Å². The standard InChI is InChI=1S/C25H33F3N2O/c1-4-5-6-7-8-9-10-18-11-12-20-16-21(14-13-19(20)15-18)22(25(26,27)28)30-17-24(2,3)23(31)29-30/h11-16,22H,4-10,17H2,1-3H3,(H,29,31)/t22-/m0/s1. The number of benzene rings is 2. The first kappa shape index (κ1) is 23.6. The van der Waals surface area contributed by atoms with Crippen LogP contribution in [0, 0.1) is 5.41 Å². The first-order valence-electron chi connectivity index (χ1n) is 11.3. The van der Waals surface area contributed by atoms with Gasteiger partial charge in [-0.05, 0) is 54.7 Å². The molecule has 0 radical (unpaired) electrons. The first-order chi connectivity index (χ1) is 14.6. The highest BCUT2D eigenvalue weighted by Crippen LogP contribution is 2.41. The molecule has 1 saturated heterocycles. The van der Waals surface area contributed by atoms with Gasteiger partial charge in [-0.3, -0.25) is 10.2 Å². The Hall–Kier alpha value is -2.08. The zero-order valence-electron chi connectivity index (χ0n) is 18.7. The molecular formula is C25H33F3N2O. The number of alkyl halides is 3. The maximum Gasteiger partial charge on any atom is 0.409 e. The van der Waals surface area contributed by atoms with Gasteiger partial charge in [-0.15, -0.1) is 0 Å². The second-order valence-electron chi connectivity index (χ2n) is 9.36. The van der Waals surface area contributed by atoms with Crippen LogP contribution >= 0.6 is 0 Å². The summed E-state index contributed by atoms with van der Waals surface area (Å²) in [5.74, 6) is -0.387. The molecule has 0 aromatic heterocycles. The Balaban J connectivity index is 1.75. The lowest BCUT2D eigenvalue weighted by Crippen LogP contribution is -2.43. The van der Waals surface area contributed by atoms with Crippen molar-refractivity contribution in [1.29, 1.82) is 0 Å². The smallest absolute Gasteiger partial charge is 0.287 e. The van der Waals surface area contributed by atoms with Gasteiger partial charge in [-0.1, -0.05) is 69.4 Å². The molecule has 0 spiro atoms. The Morgan fingerprint density at radius 3 is 2.29 bits per heavy atom. The third-order valence-corrected chi connectivity index (χ3v) is 6.11. The average molecular weight is 435 g/mol. The summed E-state index contributed by atoms with van der Waals surface area (Å²) < 4.78 is 41.9. The number of hydrogen-bond acceptors (Lipinski definition) is 2. The Labute approximate surface area is 183 Å². The minimum absolute atomic E-state index is 0.00520. The van der Waals surface area contributed by atoms with Crippen LogP contribution in [0.4, 0.5) is 13.2 Å². The maximum absolute atomic E-state index is 14.0. The van der Waals surface area contributed by atoms with Crippen molar-refractivity contribution >= 4 is 16.7 Å². The zero-order valence-corrected chi connectivity index (χ0v) is 18.7. The van der Waals surface area contributed by atoms with Gasteiger partial charge in [0.25, 0.3) is 0 Å². The Kier molecular flexibility index (Phi) is 7.30. The predicted octanol–water partition coefficient (Wildman–Crippen LogP) is 6.72. The summed E-state index contributed by atoms with van der Waals surface area (Å²) in [6.45, 7) is 5.52. The van der Waals surface area contributed by atoms with E-state index in [-0.39, 0.29) is 18.0 Å². The highest BCUT2D eigenvalue weighted by molar-refractivity contribution is 5.85. The van der Waals surface area contributed by atoms with E-state index in [1.807, 2.05) is 12.1 Å². The molecule has 0 saturated carbocycles. The van der Waals surface area contributed by atoms with Crippen LogP contribution in [0.3, 0.4) is 0 Å². The molecule has 1 N–H and O–H groups in total. The first-order valence-corrected chi connectivity index (χ1v) is 11.3. The number of hydrazine groups is 1. The molecule has 6 heteroatoms. The van der Waals surface area contributed by atoms with Gasteiger partial charge < -0.3 is 0 Å². The Bertz CT molecular complexity index is 907. The molecule has 3 nitrogen and oxygen atoms in total. The summed E-state index contributed by atoms with van der Waals surface area (Å²) in [6.07, 6.45) is 3.90. The number of hydrogen-bond donors (Lipinski definition) is 1. The molecule has 1 aliphatic heterocycles. The topological polar surface area (TPSA) is 32.3 Å². The van der Waals surface area contributed by atoms with Crippen molar-refractivity contribution in [2.45, 2.75) is 77.9 Å². The molecule has 2 aromatic rings. The van der Waals surface area contributed by atoms with Crippen LogP contribution in [-0.4, -0.2) is 23.6 Å². The van der Waals surface area contributed by atoms with Crippen molar-refractivity contribution in [2.24, 2.45) is 5.41 Å². The van der Waals surface area contributed by atoms with Crippen molar-refractivity contribution in [2.75, 3.05) is 6.54 Å². The van der Waals surface area contributed by atoms with Gasteiger partial charge in [0.1, 0.15) is 6.04 Å². The van der Waals surface area contributed by atoms with Gasteiger partial charge in [-0.25, -0.2) is 5.01 Å². The van der Waals surface area contributed by atoms with Gasteiger partial charge in [0.2, 0.25) is 5.91 Å². The summed E-state index contributed by atoms with van der Waals surface area (Å²) in [6, 6.07) is 9.02. The number of unbranched alkanes of at least 4 members (excludes halogenated alkanes) is 5. The summed E-state index contributed by atoms with van der Waals surface area (Å²) in [7, 11) is 0. The molecule has 1 amide bonds. The van der Waals surface area contributed by atoms with E-state index in [1.54, 1.807) is 26.0 Å². The van der Waals surface area contributed by atoms with Crippen molar-refractivity contribution in [1.82, 2.24) is 10.4 Å². The van der Waals surface area contributed by atoms with Crippen LogP contribution in [-0.2, 0) is 11.2 Å². The molecule has 1 aliphatic rings. The highest BCUT2D eigenvalue weighted by atomic mass is 19.4. The summed E-state index contributed by atoms with van der Waals surface area (Å²) >= 11 is 0. The molecule has 0 aliphatic carbocycles. The third-order valence-electron chi connectivity index (χ3n) is 6.11. The van der Waals surface area contributed by atoms with Crippen molar-refractivity contribution < 1.29 is 18.0 Å². The lowest BCUT2D eigenvalue weighted by molar-refractivity contribution is -0.191. The Morgan fingerprint density at radius 1 is 1.00 bits per heavy atom. The normalized spacial score (nSPS) is 17.8. The van der Waals surface area contributed by atoms with Crippen molar-refractivity contribution in [3.63, 3.8) is 0 Å². The predicted molar refractivity (Wildman–Crippen MR) is 118 cm³/mol. The number of halogens is 3. The minimum atomic E-state index is -4.50. The molecule has 2 aromatic carbocycles. The molecule has 0 bridgehead atoms. The maximum atomic E-state index is 14.0. The second kappa shape index (κ2) is 9.60. The van der Waals surface area contributed by atoms with E-state index >= 15 is 0 Å². The molecule has 1 fully saturated rings. The average Bonchev–Trinajstić information content (AvgIpc) is 2.95. The summed E-state index contributed by atoms with van der Waals surface area (Å²) in [5, 5.41) is 2.75. The van der Waals surface area contributed by atoms with E-state index in [0.717, 1.165) is 28.6 Å². The number of fused-ring (bicyclic) bond motifs is 1. The monoisotopic (exact) mass is 434 g/mol. The van der Waals surface area contributed by atoms with Gasteiger partial charge in [0, 0.05) is 6.54 Å². The van der Waals surface area contributed by atoms with Crippen molar-refractivity contribution in [3.8, 4) is 0 Å². The fourth-order valence-electron chi connectivity index (χ4n) is 4.27. The van der Waals surface area contributed by atoms with Gasteiger partial charge in [-0.2, -0.15) is 13.2 Å². The van der Waals surface area contributed by atoms with E-state index in [4.69, 9.17) is 0 Å². The van der Waals surface area contributed by atoms with Crippen LogP contribution in [0.25, 0.3) is 10.8 Å². The molecule has 31 heavy (non-hydrogen) atoms. The number of aryl methyl sites for hydroxylation is 1. The van der Waals surface area contributed by atoms with E-state index < -0.39 is 17.6 Å². The van der Waals surface area contributed by atoms with E-state index in [0.29, 0.717) is 0 Å². The van der Waals surface area contributed by atoms with Crippen molar-refractivity contribution in [3.05, 3.63) is 47.5 Å². The van der Waals surface area contributed by atoms with E-state index in [1.165, 1.54) is 43.7 Å². The van der Waals surface area contributed by atoms with E-state index in [2.05, 4.69) is 18.4 Å². The van der Waals surface area contributed by atoms with Gasteiger partial charge in [0.05, 0.1) is 5.41 Å². The SMILES string of the molecule is CCCCCCCCc1ccc2cc([C@H](N3CC(C)(C)C(=O)N3)C(F)(F)F)ccc2c1. The fourth-order valence-corrected chi connectivity index (χ4v) is 4.27. The molecule has 3 rings (SSSR count). The number of nitrogens with one attached hydrogen (secondary N) is 1. The zero-order chi connectivity index (χ0) is 22.6. The minimum Gasteiger partial charge on any atom is -0.287 e. The highest BCUT2D eigenvalue weighted by Gasteiger charge is 2.51. The lowest BCUT2D eigenvalue weighted by atomic mass is 9.93. The lowest BCUT2D eigenvalue weighted by Gasteiger charge is -2.30. The van der Waals surface area contributed by atoms with Crippen LogP contribution < -0.4 is 5.43 Å². The number of rotatable bonds is 9. The van der Waals surface area contributed by atoms with E-state index in [9.17, 15) is 18.0 Å². The van der Waals surface area contributed by atoms with Crippen LogP contribution in [0.2, 0.25) is 0 Å².